The normalized spacial score (nSPS) is 19.3. The molecule has 1 heterocycles. The van der Waals surface area contributed by atoms with Gasteiger partial charge in [0.25, 0.3) is 5.69 Å². The first-order chi connectivity index (χ1) is 10.2. The molecule has 0 unspecified atom stereocenters. The Labute approximate surface area is 127 Å². The minimum atomic E-state index is -4.00. The Morgan fingerprint density at radius 3 is 2.55 bits per heavy atom. The number of rotatable bonds is 4. The summed E-state index contributed by atoms with van der Waals surface area (Å²) in [5.41, 5.74) is 0.293. The van der Waals surface area contributed by atoms with Crippen molar-refractivity contribution in [1.82, 2.24) is 4.31 Å². The number of nitrogens with zero attached hydrogens (tertiary/aromatic N) is 2. The topological polar surface area (TPSA) is 118 Å². The Kier molecular flexibility index (Phi) is 4.21. The molecule has 9 heteroatoms. The summed E-state index contributed by atoms with van der Waals surface area (Å²) in [6.45, 7) is 3.05. The highest BCUT2D eigenvalue weighted by molar-refractivity contribution is 7.89. The highest BCUT2D eigenvalue weighted by Gasteiger charge is 2.40. The van der Waals surface area contributed by atoms with Gasteiger partial charge in [-0.25, -0.2) is 8.42 Å². The molecule has 0 aliphatic carbocycles. The van der Waals surface area contributed by atoms with E-state index >= 15 is 0 Å². The van der Waals surface area contributed by atoms with Gasteiger partial charge >= 0.3 is 5.97 Å². The summed E-state index contributed by atoms with van der Waals surface area (Å²) in [6.07, 6.45) is 0.737. The zero-order chi connectivity index (χ0) is 16.7. The summed E-state index contributed by atoms with van der Waals surface area (Å²) in [5.74, 6) is -1.18. The highest BCUT2D eigenvalue weighted by atomic mass is 32.2. The Morgan fingerprint density at radius 2 is 2.00 bits per heavy atom. The Morgan fingerprint density at radius 1 is 1.36 bits per heavy atom. The van der Waals surface area contributed by atoms with E-state index in [4.69, 9.17) is 5.11 Å². The third kappa shape index (κ3) is 2.69. The van der Waals surface area contributed by atoms with Crippen LogP contribution in [0.3, 0.4) is 0 Å². The van der Waals surface area contributed by atoms with E-state index in [9.17, 15) is 23.3 Å². The maximum absolute atomic E-state index is 12.7. The van der Waals surface area contributed by atoms with Gasteiger partial charge in [0.15, 0.2) is 0 Å². The molecular weight excluding hydrogens is 312 g/mol. The SMILES string of the molecule is Cc1cc(S(=O)(=O)N2CCC[C@H]2C(=O)O)c(C)cc1[N+](=O)[O-]. The number of aliphatic carboxylic acids is 1. The van der Waals surface area contributed by atoms with E-state index in [0.717, 1.165) is 4.31 Å². The summed E-state index contributed by atoms with van der Waals surface area (Å²) < 4.78 is 26.4. The van der Waals surface area contributed by atoms with Crippen LogP contribution in [0.5, 0.6) is 0 Å². The fourth-order valence-corrected chi connectivity index (χ4v) is 4.59. The molecule has 1 aliphatic rings. The van der Waals surface area contributed by atoms with Crippen LogP contribution in [0.25, 0.3) is 0 Å². The first kappa shape index (κ1) is 16.4. The average molecular weight is 328 g/mol. The van der Waals surface area contributed by atoms with Gasteiger partial charge in [-0.3, -0.25) is 14.9 Å². The molecule has 8 nitrogen and oxygen atoms in total. The quantitative estimate of drug-likeness (QED) is 0.660. The molecule has 120 valence electrons. The van der Waals surface area contributed by atoms with Crippen molar-refractivity contribution in [2.45, 2.75) is 37.6 Å². The molecule has 22 heavy (non-hydrogen) atoms. The van der Waals surface area contributed by atoms with Crippen molar-refractivity contribution in [3.05, 3.63) is 33.4 Å². The smallest absolute Gasteiger partial charge is 0.322 e. The van der Waals surface area contributed by atoms with Crippen LogP contribution >= 0.6 is 0 Å². The van der Waals surface area contributed by atoms with Gasteiger partial charge in [-0.1, -0.05) is 0 Å². The van der Waals surface area contributed by atoms with Crippen molar-refractivity contribution in [2.75, 3.05) is 6.54 Å². The molecule has 0 spiro atoms. The van der Waals surface area contributed by atoms with Crippen molar-refractivity contribution in [1.29, 1.82) is 0 Å². The molecule has 1 fully saturated rings. The van der Waals surface area contributed by atoms with Crippen molar-refractivity contribution < 1.29 is 23.2 Å². The van der Waals surface area contributed by atoms with E-state index in [0.29, 0.717) is 6.42 Å². The summed E-state index contributed by atoms with van der Waals surface area (Å²) in [6, 6.07) is 1.36. The summed E-state index contributed by atoms with van der Waals surface area (Å²) >= 11 is 0. The zero-order valence-electron chi connectivity index (χ0n) is 12.1. The second kappa shape index (κ2) is 5.65. The van der Waals surface area contributed by atoms with Gasteiger partial charge in [-0.2, -0.15) is 4.31 Å². The number of aryl methyl sites for hydroxylation is 2. The van der Waals surface area contributed by atoms with Gasteiger partial charge < -0.3 is 5.11 Å². The molecule has 1 atom stereocenters. The standard InChI is InChI=1S/C13H16N2O6S/c1-8-7-12(9(2)6-11(8)15(18)19)22(20,21)14-5-3-4-10(14)13(16)17/h6-7,10H,3-5H2,1-2H3,(H,16,17)/t10-/m0/s1. The molecule has 0 bridgehead atoms. The molecule has 0 saturated carbocycles. The monoisotopic (exact) mass is 328 g/mol. The Bertz CT molecular complexity index is 743. The number of sulfonamides is 1. The second-order valence-electron chi connectivity index (χ2n) is 5.27. The zero-order valence-corrected chi connectivity index (χ0v) is 13.0. The lowest BCUT2D eigenvalue weighted by molar-refractivity contribution is -0.385. The number of benzene rings is 1. The summed E-state index contributed by atoms with van der Waals surface area (Å²) in [5, 5.41) is 20.0. The summed E-state index contributed by atoms with van der Waals surface area (Å²) in [7, 11) is -4.00. The first-order valence-electron chi connectivity index (χ1n) is 6.66. The van der Waals surface area contributed by atoms with Crippen LogP contribution in [0.15, 0.2) is 17.0 Å². The van der Waals surface area contributed by atoms with Gasteiger partial charge in [0.1, 0.15) is 6.04 Å². The van der Waals surface area contributed by atoms with Gasteiger partial charge in [0.2, 0.25) is 10.0 Å². The van der Waals surface area contributed by atoms with Crippen molar-refractivity contribution >= 4 is 21.7 Å². The molecule has 2 rings (SSSR count). The molecular formula is C13H16N2O6S. The van der Waals surface area contributed by atoms with Gasteiger partial charge in [-0.15, -0.1) is 0 Å². The largest absolute Gasteiger partial charge is 0.480 e. The number of carbonyl (C=O) groups is 1. The lowest BCUT2D eigenvalue weighted by atomic mass is 10.1. The average Bonchev–Trinajstić information content (AvgIpc) is 2.90. The van der Waals surface area contributed by atoms with Crippen LogP contribution in [0.1, 0.15) is 24.0 Å². The van der Waals surface area contributed by atoms with E-state index in [-0.39, 0.29) is 34.7 Å². The van der Waals surface area contributed by atoms with Crippen molar-refractivity contribution in [3.8, 4) is 0 Å². The third-order valence-corrected chi connectivity index (χ3v) is 5.82. The molecule has 0 aromatic heterocycles. The number of hydrogen-bond acceptors (Lipinski definition) is 5. The lowest BCUT2D eigenvalue weighted by Crippen LogP contribution is -2.40. The Hall–Kier alpha value is -2.00. The fraction of sp³-hybridized carbons (Fsp3) is 0.462. The van der Waals surface area contributed by atoms with Gasteiger partial charge in [0.05, 0.1) is 9.82 Å². The van der Waals surface area contributed by atoms with Crippen LogP contribution in [0.2, 0.25) is 0 Å². The van der Waals surface area contributed by atoms with E-state index < -0.39 is 27.0 Å². The van der Waals surface area contributed by atoms with Crippen LogP contribution in [0, 0.1) is 24.0 Å². The van der Waals surface area contributed by atoms with E-state index in [2.05, 4.69) is 0 Å². The minimum absolute atomic E-state index is 0.0799. The number of nitro benzene ring substituents is 1. The second-order valence-corrected chi connectivity index (χ2v) is 7.13. The van der Waals surface area contributed by atoms with Crippen molar-refractivity contribution in [3.63, 3.8) is 0 Å². The van der Waals surface area contributed by atoms with Gasteiger partial charge in [-0.05, 0) is 38.3 Å². The third-order valence-electron chi connectivity index (χ3n) is 3.77. The van der Waals surface area contributed by atoms with E-state index in [1.807, 2.05) is 0 Å². The van der Waals surface area contributed by atoms with E-state index in [1.54, 1.807) is 0 Å². The number of nitro groups is 1. The lowest BCUT2D eigenvalue weighted by Gasteiger charge is -2.22. The molecule has 1 saturated heterocycles. The first-order valence-corrected chi connectivity index (χ1v) is 8.10. The van der Waals surface area contributed by atoms with Gasteiger partial charge in [0, 0.05) is 18.2 Å². The van der Waals surface area contributed by atoms with Crippen LogP contribution in [-0.4, -0.2) is 41.3 Å². The number of carboxylic acid groups (broad SMARTS) is 1. The summed E-state index contributed by atoms with van der Waals surface area (Å²) in [4.78, 5) is 21.4. The molecule has 1 aliphatic heterocycles. The van der Waals surface area contributed by atoms with Crippen LogP contribution in [0.4, 0.5) is 5.69 Å². The Balaban J connectivity index is 2.53. The van der Waals surface area contributed by atoms with Crippen molar-refractivity contribution in [2.24, 2.45) is 0 Å². The molecule has 1 aromatic carbocycles. The fourth-order valence-electron chi connectivity index (χ4n) is 2.65. The number of carboxylic acids is 1. The maximum atomic E-state index is 12.7. The van der Waals surface area contributed by atoms with Crippen LogP contribution in [-0.2, 0) is 14.8 Å². The molecule has 1 N–H and O–H groups in total. The molecule has 0 radical (unpaired) electrons. The molecule has 0 amide bonds. The minimum Gasteiger partial charge on any atom is -0.480 e. The highest BCUT2D eigenvalue weighted by Crippen LogP contribution is 2.31. The van der Waals surface area contributed by atoms with E-state index in [1.165, 1.54) is 26.0 Å². The predicted octanol–water partition coefficient (Wildman–Crippen LogP) is 1.45. The maximum Gasteiger partial charge on any atom is 0.322 e. The predicted molar refractivity (Wildman–Crippen MR) is 77.1 cm³/mol. The number of hydrogen-bond donors (Lipinski definition) is 1. The molecule has 1 aromatic rings. The van der Waals surface area contributed by atoms with Crippen LogP contribution < -0.4 is 0 Å².